The van der Waals surface area contributed by atoms with Crippen molar-refractivity contribution >= 4 is 33.2 Å². The van der Waals surface area contributed by atoms with Gasteiger partial charge in [-0.2, -0.15) is 0 Å². The van der Waals surface area contributed by atoms with Gasteiger partial charge in [-0.1, -0.05) is 12.1 Å². The van der Waals surface area contributed by atoms with E-state index >= 15 is 0 Å². The zero-order valence-electron chi connectivity index (χ0n) is 14.1. The van der Waals surface area contributed by atoms with Gasteiger partial charge in [0, 0.05) is 36.0 Å². The molecule has 3 aromatic rings. The van der Waals surface area contributed by atoms with Gasteiger partial charge >= 0.3 is 0 Å². The fourth-order valence-electron chi connectivity index (χ4n) is 3.03. The van der Waals surface area contributed by atoms with Crippen LogP contribution in [-0.2, 0) is 6.54 Å². The van der Waals surface area contributed by atoms with E-state index in [-0.39, 0.29) is 5.91 Å². The SMILES string of the molecule is O=C(c1ccccc1Br)N1CCN(Cc2nc(-c3ccco3)cs2)CC1. The van der Waals surface area contributed by atoms with Gasteiger partial charge in [-0.25, -0.2) is 4.98 Å². The number of halogens is 1. The Labute approximate surface area is 164 Å². The van der Waals surface area contributed by atoms with E-state index in [0.29, 0.717) is 0 Å². The third kappa shape index (κ3) is 3.75. The minimum absolute atomic E-state index is 0.0893. The van der Waals surface area contributed by atoms with Crippen molar-refractivity contribution in [2.24, 2.45) is 0 Å². The Morgan fingerprint density at radius 3 is 2.69 bits per heavy atom. The van der Waals surface area contributed by atoms with Crippen LogP contribution >= 0.6 is 27.3 Å². The number of hydrogen-bond donors (Lipinski definition) is 0. The summed E-state index contributed by atoms with van der Waals surface area (Å²) in [4.78, 5) is 21.6. The van der Waals surface area contributed by atoms with Crippen molar-refractivity contribution in [2.75, 3.05) is 26.2 Å². The second kappa shape index (κ2) is 7.73. The van der Waals surface area contributed by atoms with Crippen LogP contribution in [0.3, 0.4) is 0 Å². The Morgan fingerprint density at radius 2 is 1.96 bits per heavy atom. The highest BCUT2D eigenvalue weighted by Gasteiger charge is 2.23. The second-order valence-electron chi connectivity index (χ2n) is 6.15. The molecule has 5 nitrogen and oxygen atoms in total. The summed E-state index contributed by atoms with van der Waals surface area (Å²) in [6.45, 7) is 3.98. The zero-order chi connectivity index (χ0) is 17.9. The van der Waals surface area contributed by atoms with E-state index < -0.39 is 0 Å². The molecule has 4 rings (SSSR count). The summed E-state index contributed by atoms with van der Waals surface area (Å²) in [6.07, 6.45) is 1.66. The number of hydrogen-bond acceptors (Lipinski definition) is 5. The molecule has 1 aromatic carbocycles. The molecule has 0 radical (unpaired) electrons. The van der Waals surface area contributed by atoms with Crippen LogP contribution < -0.4 is 0 Å². The van der Waals surface area contributed by atoms with Crippen LogP contribution in [0.15, 0.2) is 56.9 Å². The van der Waals surface area contributed by atoms with Crippen LogP contribution in [0, 0.1) is 0 Å². The van der Waals surface area contributed by atoms with Gasteiger partial charge in [0.25, 0.3) is 5.91 Å². The Morgan fingerprint density at radius 1 is 1.15 bits per heavy atom. The molecule has 1 amide bonds. The summed E-state index contributed by atoms with van der Waals surface area (Å²) in [6, 6.07) is 11.4. The Hall–Kier alpha value is -1.96. The molecule has 0 atom stereocenters. The third-order valence-corrected chi connectivity index (χ3v) is 5.97. The summed E-state index contributed by atoms with van der Waals surface area (Å²) in [7, 11) is 0. The van der Waals surface area contributed by atoms with E-state index in [2.05, 4.69) is 25.8 Å². The number of carbonyl (C=O) groups excluding carboxylic acids is 1. The molecule has 3 heterocycles. The molecule has 1 aliphatic rings. The average Bonchev–Trinajstić information content (AvgIpc) is 3.34. The number of furan rings is 1. The minimum Gasteiger partial charge on any atom is -0.463 e. The van der Waals surface area contributed by atoms with Crippen LogP contribution in [-0.4, -0.2) is 46.9 Å². The molecule has 1 fully saturated rings. The van der Waals surface area contributed by atoms with Gasteiger partial charge in [-0.3, -0.25) is 9.69 Å². The van der Waals surface area contributed by atoms with Crippen LogP contribution in [0.5, 0.6) is 0 Å². The van der Waals surface area contributed by atoms with Gasteiger partial charge in [0.2, 0.25) is 0 Å². The lowest BCUT2D eigenvalue weighted by Gasteiger charge is -2.34. The summed E-state index contributed by atoms with van der Waals surface area (Å²) in [5.74, 6) is 0.892. The second-order valence-corrected chi connectivity index (χ2v) is 7.95. The van der Waals surface area contributed by atoms with Crippen molar-refractivity contribution in [2.45, 2.75) is 6.54 Å². The largest absolute Gasteiger partial charge is 0.463 e. The van der Waals surface area contributed by atoms with E-state index in [4.69, 9.17) is 4.42 Å². The number of nitrogens with zero attached hydrogens (tertiary/aromatic N) is 3. The van der Waals surface area contributed by atoms with E-state index in [1.807, 2.05) is 46.7 Å². The smallest absolute Gasteiger partial charge is 0.255 e. The van der Waals surface area contributed by atoms with Crippen LogP contribution in [0.2, 0.25) is 0 Å². The first-order valence-corrected chi connectivity index (χ1v) is 10.1. The normalized spacial score (nSPS) is 15.3. The average molecular weight is 432 g/mol. The molecule has 2 aromatic heterocycles. The molecular formula is C19H18BrN3O2S. The van der Waals surface area contributed by atoms with Gasteiger partial charge in [-0.05, 0) is 40.2 Å². The number of benzene rings is 1. The molecule has 0 spiro atoms. The van der Waals surface area contributed by atoms with Crippen molar-refractivity contribution in [3.63, 3.8) is 0 Å². The Bertz CT molecular complexity index is 886. The predicted octanol–water partition coefficient (Wildman–Crippen LogP) is 4.12. The molecule has 7 heteroatoms. The highest BCUT2D eigenvalue weighted by Crippen LogP contribution is 2.24. The number of rotatable bonds is 4. The van der Waals surface area contributed by atoms with Crippen molar-refractivity contribution in [3.8, 4) is 11.5 Å². The minimum atomic E-state index is 0.0893. The summed E-state index contributed by atoms with van der Waals surface area (Å²) in [5, 5.41) is 3.10. The lowest BCUT2D eigenvalue weighted by atomic mass is 10.2. The molecule has 26 heavy (non-hydrogen) atoms. The monoisotopic (exact) mass is 431 g/mol. The Balaban J connectivity index is 1.34. The number of carbonyl (C=O) groups is 1. The van der Waals surface area contributed by atoms with Gasteiger partial charge in [0.05, 0.1) is 18.4 Å². The van der Waals surface area contributed by atoms with Gasteiger partial charge in [0.1, 0.15) is 10.7 Å². The molecule has 1 saturated heterocycles. The van der Waals surface area contributed by atoms with Gasteiger partial charge in [-0.15, -0.1) is 11.3 Å². The van der Waals surface area contributed by atoms with E-state index in [1.54, 1.807) is 17.6 Å². The lowest BCUT2D eigenvalue weighted by Crippen LogP contribution is -2.48. The summed E-state index contributed by atoms with van der Waals surface area (Å²) >= 11 is 5.11. The molecular weight excluding hydrogens is 414 g/mol. The molecule has 0 aliphatic carbocycles. The fourth-order valence-corrected chi connectivity index (χ4v) is 4.31. The first kappa shape index (κ1) is 17.5. The maximum atomic E-state index is 12.7. The zero-order valence-corrected chi connectivity index (χ0v) is 16.5. The van der Waals surface area contributed by atoms with Gasteiger partial charge in [0.15, 0.2) is 5.76 Å². The lowest BCUT2D eigenvalue weighted by molar-refractivity contribution is 0.0627. The number of aromatic nitrogens is 1. The topological polar surface area (TPSA) is 49.6 Å². The van der Waals surface area contributed by atoms with E-state index in [0.717, 1.165) is 59.2 Å². The highest BCUT2D eigenvalue weighted by molar-refractivity contribution is 9.10. The first-order chi connectivity index (χ1) is 12.7. The summed E-state index contributed by atoms with van der Waals surface area (Å²) < 4.78 is 6.25. The molecule has 0 unspecified atom stereocenters. The third-order valence-electron chi connectivity index (χ3n) is 4.45. The molecule has 0 N–H and O–H groups in total. The maximum Gasteiger partial charge on any atom is 0.255 e. The van der Waals surface area contributed by atoms with Crippen LogP contribution in [0.1, 0.15) is 15.4 Å². The number of thiazole rings is 1. The molecule has 0 bridgehead atoms. The highest BCUT2D eigenvalue weighted by atomic mass is 79.9. The molecule has 1 aliphatic heterocycles. The molecule has 0 saturated carbocycles. The Kier molecular flexibility index (Phi) is 5.19. The van der Waals surface area contributed by atoms with E-state index in [1.165, 1.54) is 0 Å². The summed E-state index contributed by atoms with van der Waals surface area (Å²) in [5.41, 5.74) is 1.61. The quantitative estimate of drug-likeness (QED) is 0.623. The first-order valence-electron chi connectivity index (χ1n) is 8.45. The fraction of sp³-hybridized carbons (Fsp3) is 0.263. The number of piperazine rings is 1. The van der Waals surface area contributed by atoms with E-state index in [9.17, 15) is 4.79 Å². The predicted molar refractivity (Wildman–Crippen MR) is 105 cm³/mol. The van der Waals surface area contributed by atoms with Crippen molar-refractivity contribution in [1.29, 1.82) is 0 Å². The molecule has 134 valence electrons. The number of amides is 1. The van der Waals surface area contributed by atoms with Crippen LogP contribution in [0.4, 0.5) is 0 Å². The van der Waals surface area contributed by atoms with Crippen LogP contribution in [0.25, 0.3) is 11.5 Å². The maximum absolute atomic E-state index is 12.7. The van der Waals surface area contributed by atoms with Gasteiger partial charge < -0.3 is 9.32 Å². The van der Waals surface area contributed by atoms with Crippen molar-refractivity contribution in [1.82, 2.24) is 14.8 Å². The van der Waals surface area contributed by atoms with Crippen molar-refractivity contribution < 1.29 is 9.21 Å². The standard InChI is InChI=1S/C19H18BrN3O2S/c20-15-5-2-1-4-14(15)19(24)23-9-7-22(8-10-23)12-18-21-16(13-26-18)17-6-3-11-25-17/h1-6,11,13H,7-10,12H2. The van der Waals surface area contributed by atoms with Crippen molar-refractivity contribution in [3.05, 3.63) is 63.1 Å².